The number of ether oxygens (including phenoxy) is 1. The molecular formula is C8H11N2O2+. The van der Waals surface area contributed by atoms with Crippen molar-refractivity contribution in [1.29, 1.82) is 0 Å². The van der Waals surface area contributed by atoms with Crippen LogP contribution < -0.4 is 10.6 Å². The third kappa shape index (κ3) is 1.53. The van der Waals surface area contributed by atoms with E-state index in [2.05, 4.69) is 0 Å². The van der Waals surface area contributed by atoms with E-state index in [1.807, 2.05) is 6.92 Å². The molecule has 1 aromatic rings. The predicted molar refractivity (Wildman–Crippen MR) is 45.2 cm³/mol. The molecule has 0 bridgehead atoms. The van der Waals surface area contributed by atoms with Gasteiger partial charge in [-0.3, -0.25) is 0 Å². The zero-order valence-electron chi connectivity index (χ0n) is 7.07. The summed E-state index contributed by atoms with van der Waals surface area (Å²) < 4.78 is 4.94. The van der Waals surface area contributed by atoms with Crippen LogP contribution in [0, 0.1) is 11.8 Å². The molecule has 1 aromatic carbocycles. The van der Waals surface area contributed by atoms with Gasteiger partial charge in [0.1, 0.15) is 5.75 Å². The van der Waals surface area contributed by atoms with E-state index in [1.54, 1.807) is 25.3 Å². The molecule has 0 heterocycles. The molecule has 0 aliphatic rings. The second-order valence-electron chi connectivity index (χ2n) is 2.48. The molecule has 0 atom stereocenters. The molecule has 0 amide bonds. The Kier molecular flexibility index (Phi) is 2.28. The summed E-state index contributed by atoms with van der Waals surface area (Å²) in [7, 11) is 1.54. The summed E-state index contributed by atoms with van der Waals surface area (Å²) in [6.07, 6.45) is 0. The van der Waals surface area contributed by atoms with E-state index in [1.165, 1.54) is 0 Å². The fourth-order valence-corrected chi connectivity index (χ4v) is 0.954. The summed E-state index contributed by atoms with van der Waals surface area (Å²) in [6.45, 7) is 1.81. The first-order valence-corrected chi connectivity index (χ1v) is 3.51. The van der Waals surface area contributed by atoms with Gasteiger partial charge in [-0.1, -0.05) is 0 Å². The maximum absolute atomic E-state index is 10.8. The summed E-state index contributed by atoms with van der Waals surface area (Å²) in [5, 5.41) is 0. The number of hydrogen-bond acceptors (Lipinski definition) is 2. The first-order chi connectivity index (χ1) is 5.65. The molecule has 0 fully saturated rings. The number of benzene rings is 1. The first kappa shape index (κ1) is 8.52. The van der Waals surface area contributed by atoms with Crippen LogP contribution in [0.2, 0.25) is 0 Å². The maximum atomic E-state index is 10.8. The summed E-state index contributed by atoms with van der Waals surface area (Å²) in [4.78, 5) is 11.1. The lowest BCUT2D eigenvalue weighted by Gasteiger charge is -1.98. The fraction of sp³-hybridized carbons (Fsp3) is 0.250. The SMILES string of the molecule is COc1ccc(C)c([N+](N)=O)c1. The molecule has 0 aliphatic carbocycles. The number of nitrogens with zero attached hydrogens (tertiary/aromatic N) is 1. The van der Waals surface area contributed by atoms with E-state index in [0.29, 0.717) is 16.3 Å². The van der Waals surface area contributed by atoms with Crippen LogP contribution in [-0.2, 0) is 0 Å². The molecule has 0 unspecified atom stereocenters. The first-order valence-electron chi connectivity index (χ1n) is 3.51. The summed E-state index contributed by atoms with van der Waals surface area (Å²) in [5.41, 5.74) is 1.25. The number of nitroso groups, excluding NO2 is 1. The standard InChI is InChI=1S/C8H11N2O2/c1-6-3-4-7(12-2)5-8(6)10(9)11/h3-5H,1-2H3,(H2,9,11)/q+1. The molecule has 64 valence electrons. The number of hydrazine groups is 1. The van der Waals surface area contributed by atoms with Gasteiger partial charge in [0, 0.05) is 5.56 Å². The van der Waals surface area contributed by atoms with Crippen molar-refractivity contribution in [2.45, 2.75) is 6.92 Å². The lowest BCUT2D eigenvalue weighted by molar-refractivity contribution is -0.475. The van der Waals surface area contributed by atoms with Crippen LogP contribution in [0.25, 0.3) is 0 Å². The van der Waals surface area contributed by atoms with Crippen LogP contribution in [-0.4, -0.2) is 12.0 Å². The molecule has 0 radical (unpaired) electrons. The topological polar surface area (TPSA) is 55.3 Å². The molecular weight excluding hydrogens is 156 g/mol. The van der Waals surface area contributed by atoms with E-state index < -0.39 is 0 Å². The zero-order valence-corrected chi connectivity index (χ0v) is 7.07. The Hall–Kier alpha value is -1.58. The van der Waals surface area contributed by atoms with Crippen molar-refractivity contribution in [2.24, 2.45) is 5.84 Å². The van der Waals surface area contributed by atoms with Crippen LogP contribution >= 0.6 is 0 Å². The zero-order chi connectivity index (χ0) is 9.14. The molecule has 4 nitrogen and oxygen atoms in total. The third-order valence-corrected chi connectivity index (χ3v) is 1.65. The smallest absolute Gasteiger partial charge is 0.298 e. The lowest BCUT2D eigenvalue weighted by Crippen LogP contribution is -2.10. The van der Waals surface area contributed by atoms with Crippen molar-refractivity contribution in [3.63, 3.8) is 0 Å². The van der Waals surface area contributed by atoms with Crippen molar-refractivity contribution in [3.05, 3.63) is 28.7 Å². The summed E-state index contributed by atoms with van der Waals surface area (Å²) in [6, 6.07) is 5.16. The molecule has 0 saturated heterocycles. The average molecular weight is 167 g/mol. The predicted octanol–water partition coefficient (Wildman–Crippen LogP) is 1.29. The Morgan fingerprint density at radius 2 is 2.17 bits per heavy atom. The van der Waals surface area contributed by atoms with Crippen molar-refractivity contribution in [1.82, 2.24) is 0 Å². The van der Waals surface area contributed by atoms with Gasteiger partial charge in [-0.25, -0.2) is 0 Å². The minimum absolute atomic E-state index is 0.331. The van der Waals surface area contributed by atoms with Crippen LogP contribution in [0.5, 0.6) is 5.75 Å². The van der Waals surface area contributed by atoms with Crippen molar-refractivity contribution in [2.75, 3.05) is 7.11 Å². The van der Waals surface area contributed by atoms with E-state index in [9.17, 15) is 4.91 Å². The molecule has 4 heteroatoms. The van der Waals surface area contributed by atoms with Crippen molar-refractivity contribution < 1.29 is 9.61 Å². The van der Waals surface area contributed by atoms with Gasteiger partial charge >= 0.3 is 0 Å². The highest BCUT2D eigenvalue weighted by Crippen LogP contribution is 2.22. The molecule has 1 rings (SSSR count). The number of nitrogens with two attached hydrogens (primary N) is 1. The molecule has 12 heavy (non-hydrogen) atoms. The largest absolute Gasteiger partial charge is 0.497 e. The van der Waals surface area contributed by atoms with Gasteiger partial charge < -0.3 is 4.74 Å². The summed E-state index contributed by atoms with van der Waals surface area (Å²) in [5.74, 6) is 5.69. The Balaban J connectivity index is 3.17. The minimum atomic E-state index is 0.331. The van der Waals surface area contributed by atoms with Gasteiger partial charge in [0.25, 0.3) is 5.69 Å². The van der Waals surface area contributed by atoms with E-state index in [0.717, 1.165) is 5.56 Å². The van der Waals surface area contributed by atoms with Crippen LogP contribution in [0.3, 0.4) is 0 Å². The lowest BCUT2D eigenvalue weighted by atomic mass is 10.2. The van der Waals surface area contributed by atoms with E-state index in [-0.39, 0.29) is 0 Å². The number of aryl methyl sites for hydroxylation is 1. The van der Waals surface area contributed by atoms with Crippen LogP contribution in [0.4, 0.5) is 5.69 Å². The Morgan fingerprint density at radius 3 is 2.67 bits per heavy atom. The quantitative estimate of drug-likeness (QED) is 0.410. The maximum Gasteiger partial charge on any atom is 0.298 e. The van der Waals surface area contributed by atoms with Crippen molar-refractivity contribution in [3.8, 4) is 5.75 Å². The monoisotopic (exact) mass is 167 g/mol. The van der Waals surface area contributed by atoms with Crippen LogP contribution in [0.15, 0.2) is 18.2 Å². The van der Waals surface area contributed by atoms with Gasteiger partial charge in [0.15, 0.2) is 4.87 Å². The second kappa shape index (κ2) is 3.21. The molecule has 0 aliphatic heterocycles. The van der Waals surface area contributed by atoms with Crippen LogP contribution in [0.1, 0.15) is 5.56 Å². The number of rotatable bonds is 2. The van der Waals surface area contributed by atoms with Gasteiger partial charge in [0.2, 0.25) is 0 Å². The van der Waals surface area contributed by atoms with Gasteiger partial charge in [0.05, 0.1) is 18.1 Å². The number of hydrogen-bond donors (Lipinski definition) is 1. The highest BCUT2D eigenvalue weighted by molar-refractivity contribution is 5.44. The molecule has 2 N–H and O–H groups in total. The highest BCUT2D eigenvalue weighted by atomic mass is 16.5. The molecule has 0 saturated carbocycles. The van der Waals surface area contributed by atoms with Gasteiger partial charge in [-0.05, 0) is 19.1 Å². The number of methoxy groups -OCH3 is 1. The Bertz CT molecular complexity index is 310. The minimum Gasteiger partial charge on any atom is -0.497 e. The highest BCUT2D eigenvalue weighted by Gasteiger charge is 2.13. The molecule has 0 aromatic heterocycles. The van der Waals surface area contributed by atoms with E-state index in [4.69, 9.17) is 10.6 Å². The average Bonchev–Trinajstić information content (AvgIpc) is 2.05. The fourth-order valence-electron chi connectivity index (χ4n) is 0.954. The van der Waals surface area contributed by atoms with Gasteiger partial charge in [-0.2, -0.15) is 5.84 Å². The Labute approximate surface area is 70.5 Å². The molecule has 0 spiro atoms. The van der Waals surface area contributed by atoms with E-state index >= 15 is 0 Å². The summed E-state index contributed by atoms with van der Waals surface area (Å²) >= 11 is 0. The third-order valence-electron chi connectivity index (χ3n) is 1.65. The van der Waals surface area contributed by atoms with Crippen molar-refractivity contribution >= 4 is 5.69 Å². The van der Waals surface area contributed by atoms with Gasteiger partial charge in [-0.15, -0.1) is 0 Å². The Morgan fingerprint density at radius 1 is 1.50 bits per heavy atom. The second-order valence-corrected chi connectivity index (χ2v) is 2.48. The normalized spacial score (nSPS) is 9.50.